The average molecular weight is 439 g/mol. The van der Waals surface area contributed by atoms with Crippen molar-refractivity contribution in [3.05, 3.63) is 93.3 Å². The third kappa shape index (κ3) is 5.72. The number of hydrogen-bond acceptors (Lipinski definition) is 6. The van der Waals surface area contributed by atoms with E-state index in [2.05, 4.69) is 10.6 Å². The first kappa shape index (κ1) is 22.5. The number of nitrogens with zero attached hydrogens (tertiary/aromatic N) is 1. The number of nitro benzene ring substituents is 1. The van der Waals surface area contributed by atoms with Gasteiger partial charge in [0, 0.05) is 36.0 Å². The van der Waals surface area contributed by atoms with Crippen LogP contribution in [0, 0.1) is 15.9 Å². The van der Waals surface area contributed by atoms with Crippen molar-refractivity contribution < 1.29 is 24.0 Å². The lowest BCUT2D eigenvalue weighted by Crippen LogP contribution is -2.25. The summed E-state index contributed by atoms with van der Waals surface area (Å²) < 4.78 is 18.6. The number of aromatic hydroxyl groups is 1. The van der Waals surface area contributed by atoms with Gasteiger partial charge < -0.3 is 20.5 Å². The van der Waals surface area contributed by atoms with E-state index in [1.54, 1.807) is 42.5 Å². The number of ether oxygens (including phenoxy) is 1. The highest BCUT2D eigenvalue weighted by Gasteiger charge is 2.16. The number of phenols is 1. The predicted molar refractivity (Wildman–Crippen MR) is 117 cm³/mol. The molecule has 1 amide bonds. The Hall–Kier alpha value is -4.14. The summed E-state index contributed by atoms with van der Waals surface area (Å²) in [7, 11) is 1.32. The van der Waals surface area contributed by atoms with Crippen molar-refractivity contribution in [1.82, 2.24) is 5.32 Å². The molecule has 3 aromatic rings. The molecule has 0 radical (unpaired) electrons. The quantitative estimate of drug-likeness (QED) is 0.344. The van der Waals surface area contributed by atoms with E-state index < -0.39 is 4.92 Å². The lowest BCUT2D eigenvalue weighted by atomic mass is 10.1. The molecule has 0 spiro atoms. The molecule has 0 aromatic heterocycles. The number of nitro groups is 1. The summed E-state index contributed by atoms with van der Waals surface area (Å²) in [4.78, 5) is 22.6. The number of carbonyl (C=O) groups is 1. The SMILES string of the molecule is COc1cc([N+](=O)[O-])cc(CNc2ccc(CC(=O)NCc3ccccc3F)cc2)c1O. The lowest BCUT2D eigenvalue weighted by molar-refractivity contribution is -0.385. The number of nitrogens with one attached hydrogen (secondary N) is 2. The number of benzene rings is 3. The minimum Gasteiger partial charge on any atom is -0.504 e. The Kier molecular flexibility index (Phi) is 7.22. The molecule has 32 heavy (non-hydrogen) atoms. The summed E-state index contributed by atoms with van der Waals surface area (Å²) in [6.07, 6.45) is 0.137. The zero-order chi connectivity index (χ0) is 23.1. The highest BCUT2D eigenvalue weighted by Crippen LogP contribution is 2.34. The van der Waals surface area contributed by atoms with Crippen LogP contribution in [0.5, 0.6) is 11.5 Å². The molecule has 0 saturated heterocycles. The van der Waals surface area contributed by atoms with Gasteiger partial charge in [-0.25, -0.2) is 4.39 Å². The number of hydrogen-bond donors (Lipinski definition) is 3. The van der Waals surface area contributed by atoms with Gasteiger partial charge >= 0.3 is 0 Å². The fourth-order valence-electron chi connectivity index (χ4n) is 3.07. The van der Waals surface area contributed by atoms with Crippen molar-refractivity contribution in [1.29, 1.82) is 0 Å². The van der Waals surface area contributed by atoms with Crippen LogP contribution in [0.1, 0.15) is 16.7 Å². The molecule has 3 aromatic carbocycles. The summed E-state index contributed by atoms with van der Waals surface area (Å²) in [6, 6.07) is 15.7. The topological polar surface area (TPSA) is 114 Å². The summed E-state index contributed by atoms with van der Waals surface area (Å²) in [5, 5.41) is 27.0. The zero-order valence-electron chi connectivity index (χ0n) is 17.3. The second-order valence-corrected chi connectivity index (χ2v) is 7.01. The standard InChI is InChI=1S/C23H22FN3O5/c1-32-21-12-19(27(30)31)11-17(23(21)29)14-25-18-8-6-15(7-9-18)10-22(28)26-13-16-4-2-3-5-20(16)24/h2-9,11-12,25,29H,10,13-14H2,1H3,(H,26,28). The van der Waals surface area contributed by atoms with Crippen LogP contribution in [-0.2, 0) is 24.3 Å². The van der Waals surface area contributed by atoms with Crippen LogP contribution in [0.3, 0.4) is 0 Å². The molecule has 166 valence electrons. The van der Waals surface area contributed by atoms with E-state index in [1.165, 1.54) is 19.2 Å². The smallest absolute Gasteiger partial charge is 0.273 e. The number of phenolic OH excluding ortho intramolecular Hbond substituents is 1. The number of amides is 1. The normalized spacial score (nSPS) is 10.4. The molecule has 0 heterocycles. The van der Waals surface area contributed by atoms with E-state index in [0.717, 1.165) is 11.6 Å². The molecular formula is C23H22FN3O5. The van der Waals surface area contributed by atoms with E-state index >= 15 is 0 Å². The minimum atomic E-state index is -0.558. The van der Waals surface area contributed by atoms with Crippen molar-refractivity contribution in [2.24, 2.45) is 0 Å². The number of halogens is 1. The van der Waals surface area contributed by atoms with Crippen LogP contribution >= 0.6 is 0 Å². The summed E-state index contributed by atoms with van der Waals surface area (Å²) in [5.74, 6) is -0.750. The maximum absolute atomic E-state index is 13.6. The Bertz CT molecular complexity index is 1120. The fourth-order valence-corrected chi connectivity index (χ4v) is 3.07. The first-order valence-corrected chi connectivity index (χ1v) is 9.74. The third-order valence-electron chi connectivity index (χ3n) is 4.80. The van der Waals surface area contributed by atoms with Gasteiger partial charge in [-0.1, -0.05) is 30.3 Å². The molecule has 0 aliphatic rings. The molecule has 0 saturated carbocycles. The number of rotatable bonds is 9. The van der Waals surface area contributed by atoms with E-state index in [0.29, 0.717) is 16.8 Å². The zero-order valence-corrected chi connectivity index (χ0v) is 17.3. The minimum absolute atomic E-state index is 0.0211. The first-order chi connectivity index (χ1) is 15.4. The van der Waals surface area contributed by atoms with Gasteiger partial charge in [0.15, 0.2) is 11.5 Å². The Labute approximate surface area is 183 Å². The predicted octanol–water partition coefficient (Wildman–Crippen LogP) is 3.92. The Morgan fingerprint density at radius 3 is 2.47 bits per heavy atom. The van der Waals surface area contributed by atoms with E-state index in [-0.39, 0.29) is 48.4 Å². The molecule has 8 nitrogen and oxygen atoms in total. The summed E-state index contributed by atoms with van der Waals surface area (Å²) in [6.45, 7) is 0.244. The Balaban J connectivity index is 1.57. The van der Waals surface area contributed by atoms with Crippen LogP contribution in [0.2, 0.25) is 0 Å². The van der Waals surface area contributed by atoms with Crippen LogP contribution < -0.4 is 15.4 Å². The fraction of sp³-hybridized carbons (Fsp3) is 0.174. The summed E-state index contributed by atoms with van der Waals surface area (Å²) in [5.41, 5.74) is 2.01. The molecule has 9 heteroatoms. The number of non-ortho nitro benzene ring substituents is 1. The van der Waals surface area contributed by atoms with Gasteiger partial charge in [0.25, 0.3) is 5.69 Å². The van der Waals surface area contributed by atoms with Crippen LogP contribution in [0.25, 0.3) is 0 Å². The largest absolute Gasteiger partial charge is 0.504 e. The van der Waals surface area contributed by atoms with Gasteiger partial charge in [-0.3, -0.25) is 14.9 Å². The first-order valence-electron chi connectivity index (χ1n) is 9.74. The van der Waals surface area contributed by atoms with Gasteiger partial charge in [0.1, 0.15) is 5.82 Å². The Morgan fingerprint density at radius 2 is 1.81 bits per heavy atom. The molecular weight excluding hydrogens is 417 g/mol. The van der Waals surface area contributed by atoms with Crippen LogP contribution in [0.15, 0.2) is 60.7 Å². The van der Waals surface area contributed by atoms with Gasteiger partial charge in [0.05, 0.1) is 24.5 Å². The second kappa shape index (κ2) is 10.3. The van der Waals surface area contributed by atoms with Crippen LogP contribution in [-0.4, -0.2) is 23.0 Å². The van der Waals surface area contributed by atoms with Crippen molar-refractivity contribution >= 4 is 17.3 Å². The molecule has 0 fully saturated rings. The molecule has 0 unspecified atom stereocenters. The number of carbonyl (C=O) groups excluding carboxylic acids is 1. The maximum Gasteiger partial charge on any atom is 0.273 e. The lowest BCUT2D eigenvalue weighted by Gasteiger charge is -2.11. The third-order valence-corrected chi connectivity index (χ3v) is 4.80. The highest BCUT2D eigenvalue weighted by atomic mass is 19.1. The average Bonchev–Trinajstić information content (AvgIpc) is 2.78. The molecule has 0 aliphatic heterocycles. The number of anilines is 1. The highest BCUT2D eigenvalue weighted by molar-refractivity contribution is 5.78. The van der Waals surface area contributed by atoms with Gasteiger partial charge in [-0.05, 0) is 23.8 Å². The van der Waals surface area contributed by atoms with Crippen molar-refractivity contribution in [3.63, 3.8) is 0 Å². The van der Waals surface area contributed by atoms with Gasteiger partial charge in [-0.15, -0.1) is 0 Å². The second-order valence-electron chi connectivity index (χ2n) is 7.01. The molecule has 3 rings (SSSR count). The van der Waals surface area contributed by atoms with Crippen molar-refractivity contribution in [2.45, 2.75) is 19.5 Å². The number of methoxy groups -OCH3 is 1. The maximum atomic E-state index is 13.6. The van der Waals surface area contributed by atoms with Gasteiger partial charge in [0.2, 0.25) is 5.91 Å². The summed E-state index contributed by atoms with van der Waals surface area (Å²) >= 11 is 0. The van der Waals surface area contributed by atoms with E-state index in [4.69, 9.17) is 4.74 Å². The molecule has 0 bridgehead atoms. The monoisotopic (exact) mass is 439 g/mol. The van der Waals surface area contributed by atoms with Crippen LogP contribution in [0.4, 0.5) is 15.8 Å². The van der Waals surface area contributed by atoms with Crippen molar-refractivity contribution in [3.8, 4) is 11.5 Å². The molecule has 3 N–H and O–H groups in total. The van der Waals surface area contributed by atoms with Crippen molar-refractivity contribution in [2.75, 3.05) is 12.4 Å². The van der Waals surface area contributed by atoms with E-state index in [9.17, 15) is 24.4 Å². The Morgan fingerprint density at radius 1 is 1.09 bits per heavy atom. The molecule has 0 atom stereocenters. The van der Waals surface area contributed by atoms with Gasteiger partial charge in [-0.2, -0.15) is 0 Å². The van der Waals surface area contributed by atoms with E-state index in [1.807, 2.05) is 0 Å². The molecule has 0 aliphatic carbocycles.